The van der Waals surface area contributed by atoms with Gasteiger partial charge < -0.3 is 10.2 Å². The Morgan fingerprint density at radius 2 is 1.87 bits per heavy atom. The van der Waals surface area contributed by atoms with Crippen molar-refractivity contribution in [2.24, 2.45) is 0 Å². The number of amides is 2. The quantitative estimate of drug-likeness (QED) is 0.509. The fourth-order valence-corrected chi connectivity index (χ4v) is 1.03. The fraction of sp³-hybridized carbons (Fsp3) is 0.625. The van der Waals surface area contributed by atoms with E-state index in [2.05, 4.69) is 5.43 Å². The number of aliphatic carboxylic acids is 1. The third-order valence-corrected chi connectivity index (χ3v) is 1.62. The van der Waals surface area contributed by atoms with E-state index in [1.165, 1.54) is 0 Å². The Kier molecular flexibility index (Phi) is 5.32. The number of rotatable bonds is 4. The number of carboxylic acid groups (broad SMARTS) is 1. The van der Waals surface area contributed by atoms with Crippen molar-refractivity contribution in [3.8, 4) is 0 Å². The second-order valence-electron chi connectivity index (χ2n) is 2.92. The largest absolute Gasteiger partial charge is 0.480 e. The molecule has 0 bridgehead atoms. The summed E-state index contributed by atoms with van der Waals surface area (Å²) in [5.74, 6) is -2.44. The van der Waals surface area contributed by atoms with Crippen LogP contribution >= 0.6 is 0 Å². The minimum Gasteiger partial charge on any atom is -0.480 e. The van der Waals surface area contributed by atoms with Gasteiger partial charge in [-0.1, -0.05) is 0 Å². The topological polar surface area (TPSA) is 107 Å². The van der Waals surface area contributed by atoms with E-state index in [9.17, 15) is 14.4 Å². The van der Waals surface area contributed by atoms with Crippen molar-refractivity contribution in [1.82, 2.24) is 10.4 Å². The van der Waals surface area contributed by atoms with Gasteiger partial charge in [0.15, 0.2) is 6.04 Å². The van der Waals surface area contributed by atoms with Gasteiger partial charge in [-0.05, 0) is 0 Å². The van der Waals surface area contributed by atoms with Crippen LogP contribution in [0.5, 0.6) is 0 Å². The van der Waals surface area contributed by atoms with Crippen LogP contribution in [-0.4, -0.2) is 45.7 Å². The molecule has 0 fully saturated rings. The van der Waals surface area contributed by atoms with E-state index in [-0.39, 0.29) is 13.0 Å². The second-order valence-corrected chi connectivity index (χ2v) is 2.92. The summed E-state index contributed by atoms with van der Waals surface area (Å²) in [4.78, 5) is 32.6. The predicted octanol–water partition coefficient (Wildman–Crippen LogP) is -1.28. The highest BCUT2D eigenvalue weighted by Gasteiger charge is 2.28. The standard InChI is InChI=1S/C8H14N2O5/c1-5(12)9-10(6(2)13)7(3-4-11)8(14)15/h7,11H,3-4H2,1-2H3,(H,9,12)(H,14,15)/t7-/m1/s1. The summed E-state index contributed by atoms with van der Waals surface area (Å²) in [7, 11) is 0. The maximum absolute atomic E-state index is 11.1. The molecule has 0 saturated carbocycles. The van der Waals surface area contributed by atoms with E-state index in [0.29, 0.717) is 5.01 Å². The molecule has 0 saturated heterocycles. The molecular formula is C8H14N2O5. The van der Waals surface area contributed by atoms with Crippen molar-refractivity contribution in [3.63, 3.8) is 0 Å². The minimum atomic E-state index is -1.28. The predicted molar refractivity (Wildman–Crippen MR) is 49.5 cm³/mol. The third-order valence-electron chi connectivity index (χ3n) is 1.62. The molecule has 1 atom stereocenters. The maximum Gasteiger partial charge on any atom is 0.328 e. The number of hydrogen-bond donors (Lipinski definition) is 3. The van der Waals surface area contributed by atoms with Gasteiger partial charge in [-0.15, -0.1) is 0 Å². The highest BCUT2D eigenvalue weighted by atomic mass is 16.4. The summed E-state index contributed by atoms with van der Waals surface area (Å²) in [6, 6.07) is -1.25. The summed E-state index contributed by atoms with van der Waals surface area (Å²) < 4.78 is 0. The number of aliphatic hydroxyl groups excluding tert-OH is 1. The molecule has 2 amide bonds. The highest BCUT2D eigenvalue weighted by Crippen LogP contribution is 2.02. The molecule has 0 unspecified atom stereocenters. The molecule has 0 aliphatic rings. The summed E-state index contributed by atoms with van der Waals surface area (Å²) in [5, 5.41) is 18.1. The van der Waals surface area contributed by atoms with Crippen LogP contribution in [0.15, 0.2) is 0 Å². The monoisotopic (exact) mass is 218 g/mol. The number of carbonyl (C=O) groups is 3. The smallest absolute Gasteiger partial charge is 0.328 e. The molecule has 0 aromatic heterocycles. The Labute approximate surface area is 86.6 Å². The lowest BCUT2D eigenvalue weighted by Gasteiger charge is -2.26. The number of aliphatic hydroxyl groups is 1. The normalized spacial score (nSPS) is 11.7. The van der Waals surface area contributed by atoms with Gasteiger partial charge in [0, 0.05) is 26.9 Å². The molecule has 7 nitrogen and oxygen atoms in total. The number of nitrogens with zero attached hydrogens (tertiary/aromatic N) is 1. The van der Waals surface area contributed by atoms with Crippen LogP contribution < -0.4 is 5.43 Å². The second kappa shape index (κ2) is 5.97. The number of carboxylic acids is 1. The van der Waals surface area contributed by atoms with E-state index in [1.54, 1.807) is 0 Å². The van der Waals surface area contributed by atoms with E-state index in [4.69, 9.17) is 10.2 Å². The van der Waals surface area contributed by atoms with Gasteiger partial charge in [-0.25, -0.2) is 9.80 Å². The fourth-order valence-electron chi connectivity index (χ4n) is 1.03. The summed E-state index contributed by atoms with van der Waals surface area (Å²) in [6.45, 7) is 1.90. The number of nitrogens with one attached hydrogen (secondary N) is 1. The zero-order valence-electron chi connectivity index (χ0n) is 8.56. The van der Waals surface area contributed by atoms with Crippen molar-refractivity contribution in [2.75, 3.05) is 6.61 Å². The molecule has 3 N–H and O–H groups in total. The zero-order valence-corrected chi connectivity index (χ0v) is 8.56. The van der Waals surface area contributed by atoms with Gasteiger partial charge >= 0.3 is 5.97 Å². The van der Waals surface area contributed by atoms with Crippen LogP contribution in [0.4, 0.5) is 0 Å². The first-order valence-corrected chi connectivity index (χ1v) is 4.30. The van der Waals surface area contributed by atoms with Crippen molar-refractivity contribution < 1.29 is 24.6 Å². The minimum absolute atomic E-state index is 0.144. The van der Waals surface area contributed by atoms with Crippen LogP contribution in [0.3, 0.4) is 0 Å². The van der Waals surface area contributed by atoms with Crippen LogP contribution in [0.2, 0.25) is 0 Å². The van der Waals surface area contributed by atoms with Gasteiger partial charge in [0.25, 0.3) is 0 Å². The highest BCUT2D eigenvalue weighted by molar-refractivity contribution is 5.84. The number of hydrazine groups is 1. The Balaban J connectivity index is 4.74. The first-order chi connectivity index (χ1) is 6.90. The van der Waals surface area contributed by atoms with E-state index in [1.807, 2.05) is 0 Å². The van der Waals surface area contributed by atoms with Crippen LogP contribution in [-0.2, 0) is 14.4 Å². The van der Waals surface area contributed by atoms with Crippen molar-refractivity contribution in [3.05, 3.63) is 0 Å². The van der Waals surface area contributed by atoms with Gasteiger partial charge in [-0.3, -0.25) is 15.0 Å². The average molecular weight is 218 g/mol. The number of hydrogen-bond acceptors (Lipinski definition) is 4. The molecule has 0 aliphatic carbocycles. The first-order valence-electron chi connectivity index (χ1n) is 4.30. The lowest BCUT2D eigenvalue weighted by atomic mass is 10.2. The third kappa shape index (κ3) is 4.41. The summed E-state index contributed by atoms with van der Waals surface area (Å²) in [5.41, 5.74) is 2.10. The molecule has 7 heteroatoms. The Morgan fingerprint density at radius 1 is 1.33 bits per heavy atom. The van der Waals surface area contributed by atoms with Crippen molar-refractivity contribution >= 4 is 17.8 Å². The number of carbonyl (C=O) groups excluding carboxylic acids is 2. The van der Waals surface area contributed by atoms with Gasteiger partial charge in [0.2, 0.25) is 11.8 Å². The van der Waals surface area contributed by atoms with Gasteiger partial charge in [0.05, 0.1) is 0 Å². The summed E-state index contributed by atoms with van der Waals surface area (Å²) >= 11 is 0. The van der Waals surface area contributed by atoms with Gasteiger partial charge in [0.1, 0.15) is 0 Å². The Morgan fingerprint density at radius 3 is 2.13 bits per heavy atom. The van der Waals surface area contributed by atoms with Crippen LogP contribution in [0, 0.1) is 0 Å². The molecule has 0 aromatic rings. The van der Waals surface area contributed by atoms with Crippen LogP contribution in [0.1, 0.15) is 20.3 Å². The Bertz CT molecular complexity index is 266. The zero-order chi connectivity index (χ0) is 12.0. The lowest BCUT2D eigenvalue weighted by Crippen LogP contribution is -2.53. The average Bonchev–Trinajstić information content (AvgIpc) is 2.09. The molecule has 0 spiro atoms. The molecule has 0 rings (SSSR count). The van der Waals surface area contributed by atoms with E-state index < -0.39 is 23.8 Å². The summed E-state index contributed by atoms with van der Waals surface area (Å²) in [6.07, 6.45) is -0.144. The molecule has 86 valence electrons. The molecule has 15 heavy (non-hydrogen) atoms. The molecule has 0 radical (unpaired) electrons. The molecule has 0 heterocycles. The maximum atomic E-state index is 11.1. The van der Waals surface area contributed by atoms with E-state index in [0.717, 1.165) is 13.8 Å². The lowest BCUT2D eigenvalue weighted by molar-refractivity contribution is -0.155. The van der Waals surface area contributed by atoms with Crippen molar-refractivity contribution in [1.29, 1.82) is 0 Å². The molecular weight excluding hydrogens is 204 g/mol. The van der Waals surface area contributed by atoms with Crippen molar-refractivity contribution in [2.45, 2.75) is 26.3 Å². The SMILES string of the molecule is CC(=O)NN(C(C)=O)[C@H](CCO)C(=O)O. The Hall–Kier alpha value is -1.63. The van der Waals surface area contributed by atoms with Crippen LogP contribution in [0.25, 0.3) is 0 Å². The molecule has 0 aromatic carbocycles. The van der Waals surface area contributed by atoms with E-state index >= 15 is 0 Å². The van der Waals surface area contributed by atoms with Gasteiger partial charge in [-0.2, -0.15) is 0 Å². The molecule has 0 aliphatic heterocycles. The first kappa shape index (κ1) is 13.4.